The van der Waals surface area contributed by atoms with Crippen molar-refractivity contribution < 1.29 is 14.9 Å². The molecule has 0 bridgehead atoms. The van der Waals surface area contributed by atoms with Crippen molar-refractivity contribution in [2.24, 2.45) is 17.8 Å². The van der Waals surface area contributed by atoms with Crippen LogP contribution in [0.5, 0.6) is 0 Å². The highest BCUT2D eigenvalue weighted by Crippen LogP contribution is 2.47. The van der Waals surface area contributed by atoms with Gasteiger partial charge in [0.15, 0.2) is 0 Å². The molecule has 0 spiro atoms. The number of unbranched alkanes of at least 4 members (excludes halogenated alkanes) is 2. The van der Waals surface area contributed by atoms with Gasteiger partial charge in [-0.25, -0.2) is 0 Å². The molecule has 0 aromatic heterocycles. The van der Waals surface area contributed by atoms with E-state index in [0.29, 0.717) is 11.8 Å². The first-order valence-electron chi connectivity index (χ1n) is 12.2. The number of allylic oxidation sites excluding steroid dienone is 1. The molecular formula is C25H43NO3. The van der Waals surface area contributed by atoms with E-state index in [0.717, 1.165) is 51.9 Å². The van der Waals surface area contributed by atoms with Crippen molar-refractivity contribution in [1.82, 2.24) is 4.90 Å². The molecule has 5 atom stereocenters. The van der Waals surface area contributed by atoms with Gasteiger partial charge in [-0.15, -0.1) is 0 Å². The quantitative estimate of drug-likeness (QED) is 0.375. The number of likely N-dealkylation sites (tertiary alicyclic amines) is 1. The van der Waals surface area contributed by atoms with Gasteiger partial charge in [0.1, 0.15) is 0 Å². The van der Waals surface area contributed by atoms with Crippen molar-refractivity contribution in [3.05, 3.63) is 23.8 Å². The minimum Gasteiger partial charge on any atom is -0.392 e. The van der Waals surface area contributed by atoms with Crippen molar-refractivity contribution in [3.8, 4) is 0 Å². The van der Waals surface area contributed by atoms with Gasteiger partial charge in [-0.05, 0) is 63.5 Å². The van der Waals surface area contributed by atoms with Crippen LogP contribution in [0.3, 0.4) is 0 Å². The first kappa shape index (κ1) is 23.0. The van der Waals surface area contributed by atoms with Crippen molar-refractivity contribution in [2.45, 2.75) is 83.3 Å². The topological polar surface area (TPSA) is 52.9 Å². The molecule has 3 rings (SSSR count). The zero-order valence-electron chi connectivity index (χ0n) is 18.5. The average Bonchev–Trinajstić information content (AvgIpc) is 3.23. The molecule has 166 valence electrons. The third-order valence-corrected chi connectivity index (χ3v) is 7.18. The third-order valence-electron chi connectivity index (χ3n) is 7.18. The van der Waals surface area contributed by atoms with E-state index in [-0.39, 0.29) is 18.1 Å². The summed E-state index contributed by atoms with van der Waals surface area (Å²) in [6, 6.07) is 0. The van der Waals surface area contributed by atoms with E-state index in [2.05, 4.69) is 24.0 Å². The van der Waals surface area contributed by atoms with E-state index < -0.39 is 0 Å². The minimum atomic E-state index is -0.366. The number of fused-ring (bicyclic) bond motifs is 1. The fourth-order valence-electron chi connectivity index (χ4n) is 5.43. The van der Waals surface area contributed by atoms with Crippen LogP contribution in [0.15, 0.2) is 23.8 Å². The lowest BCUT2D eigenvalue weighted by molar-refractivity contribution is 0.0978. The zero-order valence-corrected chi connectivity index (χ0v) is 18.5. The summed E-state index contributed by atoms with van der Waals surface area (Å²) in [6.07, 6.45) is 17.1. The highest BCUT2D eigenvalue weighted by molar-refractivity contribution is 5.21. The molecule has 1 saturated heterocycles. The maximum atomic E-state index is 10.5. The van der Waals surface area contributed by atoms with Crippen molar-refractivity contribution in [3.63, 3.8) is 0 Å². The van der Waals surface area contributed by atoms with Crippen LogP contribution < -0.4 is 0 Å². The van der Waals surface area contributed by atoms with E-state index in [4.69, 9.17) is 4.74 Å². The Morgan fingerprint density at radius 1 is 1.21 bits per heavy atom. The number of ether oxygens (including phenoxy) is 1. The molecule has 0 radical (unpaired) electrons. The second kappa shape index (κ2) is 12.2. The van der Waals surface area contributed by atoms with Crippen LogP contribution in [0.1, 0.15) is 71.1 Å². The number of rotatable bonds is 12. The van der Waals surface area contributed by atoms with Gasteiger partial charge in [-0.3, -0.25) is 0 Å². The Balaban J connectivity index is 1.34. The molecule has 0 aromatic rings. The molecule has 1 heterocycles. The summed E-state index contributed by atoms with van der Waals surface area (Å²) in [7, 11) is 0. The van der Waals surface area contributed by atoms with E-state index >= 15 is 0 Å². The summed E-state index contributed by atoms with van der Waals surface area (Å²) >= 11 is 0. The third kappa shape index (κ3) is 7.20. The Kier molecular flexibility index (Phi) is 9.71. The molecule has 1 saturated carbocycles. The summed E-state index contributed by atoms with van der Waals surface area (Å²) in [4.78, 5) is 2.53. The van der Waals surface area contributed by atoms with Gasteiger partial charge >= 0.3 is 0 Å². The molecule has 4 heteroatoms. The van der Waals surface area contributed by atoms with E-state index in [1.165, 1.54) is 50.8 Å². The molecular weight excluding hydrogens is 362 g/mol. The molecule has 29 heavy (non-hydrogen) atoms. The number of nitrogens with zero attached hydrogens (tertiary/aromatic N) is 1. The molecule has 2 N–H and O–H groups in total. The van der Waals surface area contributed by atoms with Crippen molar-refractivity contribution in [2.75, 3.05) is 32.8 Å². The van der Waals surface area contributed by atoms with Crippen LogP contribution in [0.2, 0.25) is 0 Å². The predicted octanol–water partition coefficient (Wildman–Crippen LogP) is 4.32. The van der Waals surface area contributed by atoms with Crippen LogP contribution >= 0.6 is 0 Å². The van der Waals surface area contributed by atoms with Crippen LogP contribution in [-0.4, -0.2) is 60.2 Å². The van der Waals surface area contributed by atoms with Crippen LogP contribution in [0, 0.1) is 17.8 Å². The van der Waals surface area contributed by atoms with Gasteiger partial charge in [0.25, 0.3) is 0 Å². The SMILES string of the molecule is CCCCC[C@H](O)C=C[C@@H]1[C@H]2CC(CCOCCN3CCCCC3)=C[C@H]2C[C@H]1O. The van der Waals surface area contributed by atoms with E-state index in [1.54, 1.807) is 0 Å². The number of hydrogen-bond donors (Lipinski definition) is 2. The zero-order chi connectivity index (χ0) is 20.5. The smallest absolute Gasteiger partial charge is 0.0721 e. The first-order valence-corrected chi connectivity index (χ1v) is 12.2. The second-order valence-corrected chi connectivity index (χ2v) is 9.45. The molecule has 1 aliphatic heterocycles. The summed E-state index contributed by atoms with van der Waals surface area (Å²) in [5, 5.41) is 20.7. The standard InChI is InChI=1S/C25H43NO3/c1-2-3-5-8-22(27)9-10-23-24-18-20(17-21(24)19-25(23)28)11-15-29-16-14-26-12-6-4-7-13-26/h9-10,17,21-25,27-28H,2-8,11-16,18-19H2,1H3/t21-,22-,23+,24-,25+/m0/s1. The number of hydrogen-bond acceptors (Lipinski definition) is 4. The van der Waals surface area contributed by atoms with Gasteiger partial charge in [0.05, 0.1) is 25.4 Å². The van der Waals surface area contributed by atoms with Gasteiger partial charge < -0.3 is 19.8 Å². The Labute approximate surface area is 178 Å². The molecule has 4 nitrogen and oxygen atoms in total. The normalized spacial score (nSPS) is 31.3. The summed E-state index contributed by atoms with van der Waals surface area (Å²) in [6.45, 7) is 7.40. The van der Waals surface area contributed by atoms with E-state index in [9.17, 15) is 10.2 Å². The molecule has 0 amide bonds. The lowest BCUT2D eigenvalue weighted by atomic mass is 9.88. The Morgan fingerprint density at radius 2 is 2.03 bits per heavy atom. The summed E-state index contributed by atoms with van der Waals surface area (Å²) in [5.41, 5.74) is 1.51. The Hall–Kier alpha value is -0.680. The van der Waals surface area contributed by atoms with Crippen LogP contribution in [0.4, 0.5) is 0 Å². The molecule has 0 unspecified atom stereocenters. The van der Waals surface area contributed by atoms with Gasteiger partial charge in [-0.1, -0.05) is 56.4 Å². The average molecular weight is 406 g/mol. The van der Waals surface area contributed by atoms with Crippen LogP contribution in [-0.2, 0) is 4.74 Å². The molecule has 2 fully saturated rings. The fraction of sp³-hybridized carbons (Fsp3) is 0.840. The largest absolute Gasteiger partial charge is 0.392 e. The maximum absolute atomic E-state index is 10.5. The van der Waals surface area contributed by atoms with Gasteiger partial charge in [-0.2, -0.15) is 0 Å². The fourth-order valence-corrected chi connectivity index (χ4v) is 5.43. The van der Waals surface area contributed by atoms with Gasteiger partial charge in [0, 0.05) is 12.5 Å². The predicted molar refractivity (Wildman–Crippen MR) is 119 cm³/mol. The number of aliphatic hydroxyl groups is 2. The van der Waals surface area contributed by atoms with Gasteiger partial charge in [0.2, 0.25) is 0 Å². The lowest BCUT2D eigenvalue weighted by Crippen LogP contribution is -2.32. The summed E-state index contributed by atoms with van der Waals surface area (Å²) in [5.74, 6) is 1.20. The molecule has 0 aromatic carbocycles. The Bertz CT molecular complexity index is 526. The number of aliphatic hydroxyl groups excluding tert-OH is 2. The van der Waals surface area contributed by atoms with Crippen LogP contribution in [0.25, 0.3) is 0 Å². The second-order valence-electron chi connectivity index (χ2n) is 9.45. The van der Waals surface area contributed by atoms with Crippen molar-refractivity contribution >= 4 is 0 Å². The molecule has 2 aliphatic carbocycles. The monoisotopic (exact) mass is 405 g/mol. The lowest BCUT2D eigenvalue weighted by Gasteiger charge is -2.26. The minimum absolute atomic E-state index is 0.189. The Morgan fingerprint density at radius 3 is 2.83 bits per heavy atom. The summed E-state index contributed by atoms with van der Waals surface area (Å²) < 4.78 is 5.92. The highest BCUT2D eigenvalue weighted by atomic mass is 16.5. The molecule has 3 aliphatic rings. The van der Waals surface area contributed by atoms with E-state index in [1.807, 2.05) is 6.08 Å². The first-order chi connectivity index (χ1) is 14.2. The van der Waals surface area contributed by atoms with Crippen molar-refractivity contribution in [1.29, 1.82) is 0 Å². The maximum Gasteiger partial charge on any atom is 0.0721 e. The number of piperidine rings is 1. The highest BCUT2D eigenvalue weighted by Gasteiger charge is 2.43.